The molecule has 7 heteroatoms. The van der Waals surface area contributed by atoms with Gasteiger partial charge in [0.05, 0.1) is 0 Å². The predicted octanol–water partition coefficient (Wildman–Crippen LogP) is 2.54. The summed E-state index contributed by atoms with van der Waals surface area (Å²) in [6.45, 7) is 0.625. The van der Waals surface area contributed by atoms with Gasteiger partial charge in [0.1, 0.15) is 5.75 Å². The molecule has 0 saturated heterocycles. The molecule has 1 aromatic carbocycles. The number of phenolic OH excluding ortho intramolecular Hbond substituents is 1. The number of benzene rings is 1. The molecule has 1 aromatic heterocycles. The number of halogens is 2. The van der Waals surface area contributed by atoms with Gasteiger partial charge in [-0.2, -0.15) is 4.98 Å². The van der Waals surface area contributed by atoms with Crippen LogP contribution in [0.2, 0.25) is 10.4 Å². The number of nitrogens with zero attached hydrogens (tertiary/aromatic N) is 3. The number of nitrogens with one attached hydrogen (secondary N) is 1. The largest absolute Gasteiger partial charge is 0.508 e. The van der Waals surface area contributed by atoms with Gasteiger partial charge in [0.15, 0.2) is 11.0 Å². The second kappa shape index (κ2) is 5.84. The van der Waals surface area contributed by atoms with Crippen molar-refractivity contribution in [2.24, 2.45) is 0 Å². The van der Waals surface area contributed by atoms with E-state index in [0.717, 1.165) is 12.0 Å². The molecule has 1 heterocycles. The molecule has 94 valence electrons. The molecule has 0 spiro atoms. The first kappa shape index (κ1) is 12.9. The number of aromatic nitrogens is 3. The van der Waals surface area contributed by atoms with Crippen LogP contribution in [0.3, 0.4) is 0 Å². The topological polar surface area (TPSA) is 70.9 Å². The quantitative estimate of drug-likeness (QED) is 0.903. The van der Waals surface area contributed by atoms with Gasteiger partial charge in [-0.15, -0.1) is 10.2 Å². The molecule has 2 aromatic rings. The van der Waals surface area contributed by atoms with Gasteiger partial charge in [-0.1, -0.05) is 23.7 Å². The average molecular weight is 285 g/mol. The first-order chi connectivity index (χ1) is 8.65. The van der Waals surface area contributed by atoms with Crippen LogP contribution in [0.1, 0.15) is 5.56 Å². The lowest BCUT2D eigenvalue weighted by Gasteiger charge is -2.06. The third-order valence-electron chi connectivity index (χ3n) is 2.26. The Labute approximate surface area is 114 Å². The van der Waals surface area contributed by atoms with E-state index in [2.05, 4.69) is 20.5 Å². The highest BCUT2D eigenvalue weighted by molar-refractivity contribution is 6.32. The molecule has 0 saturated carbocycles. The van der Waals surface area contributed by atoms with E-state index in [1.54, 1.807) is 12.1 Å². The van der Waals surface area contributed by atoms with Gasteiger partial charge in [0.2, 0.25) is 5.28 Å². The van der Waals surface area contributed by atoms with Gasteiger partial charge in [-0.25, -0.2) is 0 Å². The zero-order valence-electron chi connectivity index (χ0n) is 9.27. The minimum Gasteiger partial charge on any atom is -0.508 e. The monoisotopic (exact) mass is 284 g/mol. The number of aromatic hydroxyl groups is 1. The van der Waals surface area contributed by atoms with Crippen LogP contribution in [0.15, 0.2) is 24.3 Å². The van der Waals surface area contributed by atoms with Crippen molar-refractivity contribution >= 4 is 29.0 Å². The van der Waals surface area contributed by atoms with E-state index in [-0.39, 0.29) is 16.2 Å². The van der Waals surface area contributed by atoms with Crippen LogP contribution in [-0.4, -0.2) is 26.8 Å². The summed E-state index contributed by atoms with van der Waals surface area (Å²) in [4.78, 5) is 3.93. The molecule has 0 atom stereocenters. The van der Waals surface area contributed by atoms with Gasteiger partial charge >= 0.3 is 0 Å². The maximum Gasteiger partial charge on any atom is 0.245 e. The summed E-state index contributed by atoms with van der Waals surface area (Å²) < 4.78 is 0. The zero-order chi connectivity index (χ0) is 13.0. The Hall–Kier alpha value is -1.59. The molecule has 0 aliphatic rings. The van der Waals surface area contributed by atoms with Gasteiger partial charge in [0, 0.05) is 6.54 Å². The fraction of sp³-hybridized carbons (Fsp3) is 0.182. The van der Waals surface area contributed by atoms with E-state index in [9.17, 15) is 0 Å². The molecule has 0 bridgehead atoms. The number of hydrogen-bond acceptors (Lipinski definition) is 5. The fourth-order valence-corrected chi connectivity index (χ4v) is 1.66. The SMILES string of the molecule is Oc1ccc(CCNc2nc(Cl)nnc2Cl)cc1. The third kappa shape index (κ3) is 3.45. The minimum atomic E-state index is 0.0477. The van der Waals surface area contributed by atoms with Crippen LogP contribution in [-0.2, 0) is 6.42 Å². The Bertz CT molecular complexity index is 533. The van der Waals surface area contributed by atoms with Crippen molar-refractivity contribution < 1.29 is 5.11 Å². The summed E-state index contributed by atoms with van der Waals surface area (Å²) in [5.41, 5.74) is 1.09. The smallest absolute Gasteiger partial charge is 0.245 e. The Balaban J connectivity index is 1.92. The van der Waals surface area contributed by atoms with Crippen LogP contribution >= 0.6 is 23.2 Å². The third-order valence-corrected chi connectivity index (χ3v) is 2.68. The molecule has 18 heavy (non-hydrogen) atoms. The lowest BCUT2D eigenvalue weighted by molar-refractivity contribution is 0.475. The summed E-state index contributed by atoms with van der Waals surface area (Å²) in [6, 6.07) is 6.99. The Morgan fingerprint density at radius 2 is 1.83 bits per heavy atom. The van der Waals surface area contributed by atoms with Crippen LogP contribution in [0.25, 0.3) is 0 Å². The van der Waals surface area contributed by atoms with E-state index in [4.69, 9.17) is 28.3 Å². The number of hydrogen-bond donors (Lipinski definition) is 2. The van der Waals surface area contributed by atoms with Gasteiger partial charge < -0.3 is 10.4 Å². The van der Waals surface area contributed by atoms with Gasteiger partial charge in [0.25, 0.3) is 0 Å². The first-order valence-electron chi connectivity index (χ1n) is 5.22. The lowest BCUT2D eigenvalue weighted by Crippen LogP contribution is -2.08. The highest BCUT2D eigenvalue weighted by Gasteiger charge is 2.05. The summed E-state index contributed by atoms with van der Waals surface area (Å²) in [7, 11) is 0. The van der Waals surface area contributed by atoms with Crippen molar-refractivity contribution in [2.45, 2.75) is 6.42 Å². The van der Waals surface area contributed by atoms with E-state index in [1.807, 2.05) is 12.1 Å². The molecule has 5 nitrogen and oxygen atoms in total. The molecule has 0 fully saturated rings. The van der Waals surface area contributed by atoms with E-state index in [0.29, 0.717) is 12.4 Å². The van der Waals surface area contributed by atoms with Crippen molar-refractivity contribution in [3.63, 3.8) is 0 Å². The number of anilines is 1. The molecular weight excluding hydrogens is 275 g/mol. The second-order valence-corrected chi connectivity index (χ2v) is 4.26. The summed E-state index contributed by atoms with van der Waals surface area (Å²) in [6.07, 6.45) is 0.762. The zero-order valence-corrected chi connectivity index (χ0v) is 10.8. The van der Waals surface area contributed by atoms with Crippen LogP contribution in [0, 0.1) is 0 Å². The van der Waals surface area contributed by atoms with Crippen molar-refractivity contribution in [2.75, 3.05) is 11.9 Å². The highest BCUT2D eigenvalue weighted by Crippen LogP contribution is 2.16. The van der Waals surface area contributed by atoms with Crippen LogP contribution in [0.5, 0.6) is 5.75 Å². The highest BCUT2D eigenvalue weighted by atomic mass is 35.5. The van der Waals surface area contributed by atoms with Crippen molar-refractivity contribution in [3.8, 4) is 5.75 Å². The summed E-state index contributed by atoms with van der Waals surface area (Å²) in [5.74, 6) is 0.664. The van der Waals surface area contributed by atoms with Crippen molar-refractivity contribution in [3.05, 3.63) is 40.3 Å². The molecule has 0 amide bonds. The molecular formula is C11H10Cl2N4O. The van der Waals surface area contributed by atoms with Crippen LogP contribution < -0.4 is 5.32 Å². The van der Waals surface area contributed by atoms with E-state index < -0.39 is 0 Å². The normalized spacial score (nSPS) is 10.3. The standard InChI is InChI=1S/C11H10Cl2N4O/c12-9-10(15-11(13)17-16-9)14-6-5-7-1-3-8(18)4-2-7/h1-4,18H,5-6H2,(H,14,15,17). The minimum absolute atomic E-state index is 0.0477. The number of rotatable bonds is 4. The fourth-order valence-electron chi connectivity index (χ4n) is 1.39. The molecule has 0 unspecified atom stereocenters. The molecule has 0 aliphatic carbocycles. The summed E-state index contributed by atoms with van der Waals surface area (Å²) >= 11 is 11.4. The molecule has 0 radical (unpaired) electrons. The maximum absolute atomic E-state index is 9.15. The van der Waals surface area contributed by atoms with E-state index >= 15 is 0 Å². The second-order valence-electron chi connectivity index (χ2n) is 3.56. The Morgan fingerprint density at radius 1 is 1.11 bits per heavy atom. The maximum atomic E-state index is 9.15. The van der Waals surface area contributed by atoms with Crippen molar-refractivity contribution in [1.29, 1.82) is 0 Å². The van der Waals surface area contributed by atoms with Gasteiger partial charge in [-0.3, -0.25) is 0 Å². The average Bonchev–Trinajstić information content (AvgIpc) is 2.36. The molecule has 2 N–H and O–H groups in total. The van der Waals surface area contributed by atoms with Crippen LogP contribution in [0.4, 0.5) is 5.82 Å². The predicted molar refractivity (Wildman–Crippen MR) is 70.1 cm³/mol. The number of phenols is 1. The summed E-state index contributed by atoms with van der Waals surface area (Å²) in [5, 5.41) is 19.6. The molecule has 0 aliphatic heterocycles. The first-order valence-corrected chi connectivity index (χ1v) is 5.98. The lowest BCUT2D eigenvalue weighted by atomic mass is 10.1. The van der Waals surface area contributed by atoms with Gasteiger partial charge in [-0.05, 0) is 35.7 Å². The Kier molecular flexibility index (Phi) is 4.17. The molecule has 2 rings (SSSR count). The Morgan fingerprint density at radius 3 is 2.56 bits per heavy atom. The van der Waals surface area contributed by atoms with Crippen molar-refractivity contribution in [1.82, 2.24) is 15.2 Å². The van der Waals surface area contributed by atoms with E-state index in [1.165, 1.54) is 0 Å².